The summed E-state index contributed by atoms with van der Waals surface area (Å²) in [6.45, 7) is 2.05. The first kappa shape index (κ1) is 46.8. The second-order valence-corrected chi connectivity index (χ2v) is 14.2. The first-order valence-corrected chi connectivity index (χ1v) is 19.9. The van der Waals surface area contributed by atoms with Gasteiger partial charge in [0, 0.05) is 13.3 Å². The van der Waals surface area contributed by atoms with Crippen molar-refractivity contribution in [3.05, 3.63) is 48.6 Å². The molecule has 0 spiro atoms. The monoisotopic (exact) mass is 746 g/mol. The van der Waals surface area contributed by atoms with Crippen LogP contribution in [0, 0.1) is 0 Å². The maximum atomic E-state index is 12.5. The van der Waals surface area contributed by atoms with Gasteiger partial charge in [0.15, 0.2) is 6.10 Å². The van der Waals surface area contributed by atoms with Crippen molar-refractivity contribution in [2.75, 3.05) is 13.2 Å². The van der Waals surface area contributed by atoms with E-state index in [0.717, 1.165) is 64.7 Å². The first-order valence-electron chi connectivity index (χ1n) is 18.4. The third-order valence-electron chi connectivity index (χ3n) is 8.24. The number of rotatable bonds is 28. The summed E-state index contributed by atoms with van der Waals surface area (Å²) in [5, 5.41) is 49.3. The largest absolute Gasteiger partial charge is 0.472 e. The molecule has 14 heteroatoms. The molecule has 1 saturated carbocycles. The van der Waals surface area contributed by atoms with Gasteiger partial charge >= 0.3 is 19.8 Å². The highest BCUT2D eigenvalue weighted by Crippen LogP contribution is 2.47. The van der Waals surface area contributed by atoms with Gasteiger partial charge in [-0.25, -0.2) is 4.57 Å². The van der Waals surface area contributed by atoms with Crippen LogP contribution in [0.5, 0.6) is 0 Å². The predicted octanol–water partition coefficient (Wildman–Crippen LogP) is 5.27. The fraction of sp³-hybridized carbons (Fsp3) is 0.730. The van der Waals surface area contributed by atoms with Crippen LogP contribution >= 0.6 is 7.82 Å². The molecular weight excluding hydrogens is 683 g/mol. The Morgan fingerprint density at radius 2 is 1.10 bits per heavy atom. The van der Waals surface area contributed by atoms with Gasteiger partial charge in [-0.2, -0.15) is 0 Å². The molecule has 1 rings (SSSR count). The van der Waals surface area contributed by atoms with Crippen LogP contribution in [0.1, 0.15) is 117 Å². The summed E-state index contributed by atoms with van der Waals surface area (Å²) in [6.07, 6.45) is 20.4. The highest BCUT2D eigenvalue weighted by atomic mass is 31.2. The van der Waals surface area contributed by atoms with Crippen LogP contribution in [-0.4, -0.2) is 98.3 Å². The van der Waals surface area contributed by atoms with Crippen LogP contribution in [-0.2, 0) is 32.7 Å². The zero-order valence-corrected chi connectivity index (χ0v) is 31.3. The van der Waals surface area contributed by atoms with Crippen molar-refractivity contribution in [1.82, 2.24) is 0 Å². The Morgan fingerprint density at radius 3 is 1.61 bits per heavy atom. The SMILES string of the molecule is CC/C=C\C/C=C\C/C=C\C/C=C\CCCCCCCCCCCCC(=O)OC(COC(C)=O)COP(=O)(O)OC1C(O)C(O)C(O)C(O)C1O. The minimum absolute atomic E-state index is 0.0850. The van der Waals surface area contributed by atoms with Gasteiger partial charge in [-0.05, 0) is 44.9 Å². The summed E-state index contributed by atoms with van der Waals surface area (Å²) >= 11 is 0. The van der Waals surface area contributed by atoms with Gasteiger partial charge in [-0.15, -0.1) is 0 Å². The van der Waals surface area contributed by atoms with Crippen LogP contribution in [0.4, 0.5) is 0 Å². The molecule has 6 unspecified atom stereocenters. The van der Waals surface area contributed by atoms with Crippen LogP contribution in [0.15, 0.2) is 48.6 Å². The molecule has 0 heterocycles. The van der Waals surface area contributed by atoms with E-state index in [0.29, 0.717) is 6.42 Å². The van der Waals surface area contributed by atoms with Crippen molar-refractivity contribution < 1.29 is 63.1 Å². The minimum atomic E-state index is -5.08. The second-order valence-electron chi connectivity index (χ2n) is 12.8. The Kier molecular flexibility index (Phi) is 26.0. The van der Waals surface area contributed by atoms with Crippen LogP contribution in [0.2, 0.25) is 0 Å². The Hall–Kier alpha value is -2.19. The van der Waals surface area contributed by atoms with E-state index in [2.05, 4.69) is 55.5 Å². The Bertz CT molecular complexity index is 1090. The van der Waals surface area contributed by atoms with Gasteiger partial charge in [0.05, 0.1) is 6.61 Å². The van der Waals surface area contributed by atoms with Crippen LogP contribution in [0.3, 0.4) is 0 Å². The molecule has 6 atom stereocenters. The van der Waals surface area contributed by atoms with E-state index in [4.69, 9.17) is 18.5 Å². The summed E-state index contributed by atoms with van der Waals surface area (Å²) in [5.74, 6) is -1.30. The summed E-state index contributed by atoms with van der Waals surface area (Å²) in [6, 6.07) is 0. The molecule has 6 N–H and O–H groups in total. The number of ether oxygens (including phenoxy) is 2. The van der Waals surface area contributed by atoms with Crippen molar-refractivity contribution >= 4 is 19.8 Å². The van der Waals surface area contributed by atoms with Crippen LogP contribution < -0.4 is 0 Å². The van der Waals surface area contributed by atoms with E-state index in [-0.39, 0.29) is 6.42 Å². The summed E-state index contributed by atoms with van der Waals surface area (Å²) in [4.78, 5) is 33.8. The highest BCUT2D eigenvalue weighted by Gasteiger charge is 2.51. The molecule has 0 aromatic rings. The predicted molar refractivity (Wildman–Crippen MR) is 193 cm³/mol. The second kappa shape index (κ2) is 28.3. The first-order chi connectivity index (χ1) is 24.4. The molecule has 1 fully saturated rings. The van der Waals surface area contributed by atoms with Gasteiger partial charge < -0.3 is 39.9 Å². The molecule has 0 aromatic heterocycles. The molecule has 0 bridgehead atoms. The molecule has 13 nitrogen and oxygen atoms in total. The smallest absolute Gasteiger partial charge is 0.462 e. The summed E-state index contributed by atoms with van der Waals surface area (Å²) in [7, 11) is -5.08. The van der Waals surface area contributed by atoms with Gasteiger partial charge in [0.25, 0.3) is 0 Å². The quantitative estimate of drug-likeness (QED) is 0.0261. The maximum Gasteiger partial charge on any atom is 0.472 e. The Labute approximate surface area is 303 Å². The van der Waals surface area contributed by atoms with E-state index in [1.807, 2.05) is 0 Å². The molecule has 1 aliphatic rings. The van der Waals surface area contributed by atoms with Crippen molar-refractivity contribution in [2.45, 2.75) is 159 Å². The molecule has 294 valence electrons. The zero-order valence-electron chi connectivity index (χ0n) is 30.4. The van der Waals surface area contributed by atoms with E-state index in [9.17, 15) is 44.6 Å². The molecule has 0 aliphatic heterocycles. The third kappa shape index (κ3) is 22.5. The number of aliphatic hydroxyl groups is 5. The maximum absolute atomic E-state index is 12.5. The average Bonchev–Trinajstić information content (AvgIpc) is 3.09. The van der Waals surface area contributed by atoms with Gasteiger partial charge in [-0.3, -0.25) is 18.6 Å². The molecular formula is C37H63O13P. The number of carbonyl (C=O) groups is 2. The fourth-order valence-corrected chi connectivity index (χ4v) is 6.27. The third-order valence-corrected chi connectivity index (χ3v) is 9.23. The topological polar surface area (TPSA) is 210 Å². The molecule has 0 saturated heterocycles. The Balaban J connectivity index is 2.18. The lowest BCUT2D eigenvalue weighted by atomic mass is 9.85. The number of aliphatic hydroxyl groups excluding tert-OH is 5. The number of phosphoric ester groups is 1. The van der Waals surface area contributed by atoms with Crippen molar-refractivity contribution in [3.63, 3.8) is 0 Å². The van der Waals surface area contributed by atoms with Gasteiger partial charge in [0.2, 0.25) is 0 Å². The van der Waals surface area contributed by atoms with Crippen molar-refractivity contribution in [3.8, 4) is 0 Å². The molecule has 0 aromatic carbocycles. The lowest BCUT2D eigenvalue weighted by molar-refractivity contribution is -0.220. The molecule has 0 amide bonds. The van der Waals surface area contributed by atoms with E-state index in [1.54, 1.807) is 0 Å². The van der Waals surface area contributed by atoms with Gasteiger partial charge in [0.1, 0.15) is 43.2 Å². The van der Waals surface area contributed by atoms with E-state index in [1.165, 1.54) is 32.1 Å². The summed E-state index contributed by atoms with van der Waals surface area (Å²) in [5.41, 5.74) is 0. The lowest BCUT2D eigenvalue weighted by Gasteiger charge is -2.41. The highest BCUT2D eigenvalue weighted by molar-refractivity contribution is 7.47. The molecule has 1 aliphatic carbocycles. The number of unbranched alkanes of at least 4 members (excludes halogenated alkanes) is 10. The normalized spacial score (nSPS) is 24.5. The van der Waals surface area contributed by atoms with Crippen LogP contribution in [0.25, 0.3) is 0 Å². The molecule has 0 radical (unpaired) electrons. The number of carbonyl (C=O) groups excluding carboxylic acids is 2. The van der Waals surface area contributed by atoms with Gasteiger partial charge in [-0.1, -0.05) is 107 Å². The number of hydrogen-bond donors (Lipinski definition) is 6. The molecule has 51 heavy (non-hydrogen) atoms. The number of allylic oxidation sites excluding steroid dienone is 8. The fourth-order valence-electron chi connectivity index (χ4n) is 5.30. The van der Waals surface area contributed by atoms with E-state index < -0.39 is 75.7 Å². The van der Waals surface area contributed by atoms with Crippen molar-refractivity contribution in [1.29, 1.82) is 0 Å². The zero-order chi connectivity index (χ0) is 37.9. The number of esters is 2. The average molecular weight is 747 g/mol. The number of hydrogen-bond acceptors (Lipinski definition) is 12. The number of phosphoric acid groups is 1. The van der Waals surface area contributed by atoms with Crippen molar-refractivity contribution in [2.24, 2.45) is 0 Å². The standard InChI is InChI=1S/C37H63O13P/c1-3-4-5-6-7-8-9-10-11-12-13-14-15-16-17-18-19-20-21-22-23-24-25-26-31(39)49-30(27-47-29(2)38)28-48-51(45,46)50-37-35(43)33(41)32(40)34(42)36(37)44/h4-5,7-8,10-11,13-14,30,32-37,40-44H,3,6,9,12,15-28H2,1-2H3,(H,45,46)/b5-4-,8-7-,11-10-,14-13-. The minimum Gasteiger partial charge on any atom is -0.462 e. The Morgan fingerprint density at radius 1 is 0.647 bits per heavy atom. The lowest BCUT2D eigenvalue weighted by Crippen LogP contribution is -2.64. The summed E-state index contributed by atoms with van der Waals surface area (Å²) < 4.78 is 32.2. The van der Waals surface area contributed by atoms with E-state index >= 15 is 0 Å².